The molecule has 1 aromatic rings. The van der Waals surface area contributed by atoms with Crippen LogP contribution in [0.1, 0.15) is 24.0 Å². The topological polar surface area (TPSA) is 35.5 Å². The number of benzene rings is 1. The van der Waals surface area contributed by atoms with Crippen LogP contribution >= 0.6 is 0 Å². The highest BCUT2D eigenvalue weighted by Crippen LogP contribution is 2.25. The van der Waals surface area contributed by atoms with Crippen LogP contribution in [-0.4, -0.2) is 37.3 Å². The Morgan fingerprint density at radius 3 is 2.75 bits per heavy atom. The molecule has 0 heterocycles. The second-order valence-corrected chi connectivity index (χ2v) is 5.35. The van der Waals surface area contributed by atoms with E-state index in [-0.39, 0.29) is 19.7 Å². The van der Waals surface area contributed by atoms with E-state index in [1.807, 2.05) is 25.1 Å². The van der Waals surface area contributed by atoms with Gasteiger partial charge in [0.2, 0.25) is 0 Å². The highest BCUT2D eigenvalue weighted by molar-refractivity contribution is 5.55. The molecule has 0 unspecified atom stereocenters. The molecule has 1 saturated carbocycles. The first-order valence-corrected chi connectivity index (χ1v) is 7.07. The molecule has 0 spiro atoms. The maximum absolute atomic E-state index is 12.7. The summed E-state index contributed by atoms with van der Waals surface area (Å²) in [5.74, 6) is 0. The lowest BCUT2D eigenvalue weighted by Crippen LogP contribution is -2.33. The van der Waals surface area contributed by atoms with Crippen LogP contribution in [0.4, 0.5) is 14.5 Å². The number of aliphatic hydroxyl groups is 1. The first-order valence-electron chi connectivity index (χ1n) is 7.07. The van der Waals surface area contributed by atoms with Gasteiger partial charge in [-0.15, -0.1) is 0 Å². The second-order valence-electron chi connectivity index (χ2n) is 5.35. The van der Waals surface area contributed by atoms with E-state index >= 15 is 0 Å². The van der Waals surface area contributed by atoms with E-state index < -0.39 is 6.43 Å². The van der Waals surface area contributed by atoms with Crippen molar-refractivity contribution in [3.63, 3.8) is 0 Å². The van der Waals surface area contributed by atoms with Crippen LogP contribution in [0.25, 0.3) is 0 Å². The standard InChI is InChI=1S/C15H22F2N2O/c1-11-2-5-14(19(6-7-20)10-15(16)17)12(8-11)9-18-13-3-4-13/h2,5,8,13,15,18,20H,3-4,6-7,9-10H2,1H3. The van der Waals surface area contributed by atoms with Crippen LogP contribution in [-0.2, 0) is 6.54 Å². The highest BCUT2D eigenvalue weighted by Gasteiger charge is 2.21. The fraction of sp³-hybridized carbons (Fsp3) is 0.600. The molecule has 1 fully saturated rings. The number of hydrogen-bond donors (Lipinski definition) is 2. The van der Waals surface area contributed by atoms with Crippen LogP contribution in [0.5, 0.6) is 0 Å². The number of aryl methyl sites for hydroxylation is 1. The van der Waals surface area contributed by atoms with Crippen molar-refractivity contribution in [2.75, 3.05) is 24.6 Å². The van der Waals surface area contributed by atoms with E-state index in [4.69, 9.17) is 5.11 Å². The van der Waals surface area contributed by atoms with Gasteiger partial charge in [0.25, 0.3) is 6.43 Å². The van der Waals surface area contributed by atoms with Crippen molar-refractivity contribution in [2.24, 2.45) is 0 Å². The summed E-state index contributed by atoms with van der Waals surface area (Å²) >= 11 is 0. The average Bonchev–Trinajstić information content (AvgIpc) is 3.19. The summed E-state index contributed by atoms with van der Waals surface area (Å²) in [6.07, 6.45) is -0.0241. The van der Waals surface area contributed by atoms with Crippen LogP contribution < -0.4 is 10.2 Å². The van der Waals surface area contributed by atoms with Gasteiger partial charge in [-0.2, -0.15) is 0 Å². The summed E-state index contributed by atoms with van der Waals surface area (Å²) in [6.45, 7) is 2.43. The molecule has 20 heavy (non-hydrogen) atoms. The van der Waals surface area contributed by atoms with Crippen LogP contribution in [0, 0.1) is 6.92 Å². The maximum Gasteiger partial charge on any atom is 0.255 e. The average molecular weight is 284 g/mol. The van der Waals surface area contributed by atoms with Crippen molar-refractivity contribution >= 4 is 5.69 Å². The highest BCUT2D eigenvalue weighted by atomic mass is 19.3. The Kier molecular flexibility index (Phi) is 5.31. The third kappa shape index (κ3) is 4.42. The second kappa shape index (κ2) is 6.99. The molecule has 0 bridgehead atoms. The lowest BCUT2D eigenvalue weighted by Gasteiger charge is -2.26. The van der Waals surface area contributed by atoms with Gasteiger partial charge in [-0.25, -0.2) is 8.78 Å². The van der Waals surface area contributed by atoms with Crippen molar-refractivity contribution in [1.82, 2.24) is 5.32 Å². The molecular formula is C15H22F2N2O. The zero-order chi connectivity index (χ0) is 14.5. The smallest absolute Gasteiger partial charge is 0.255 e. The maximum atomic E-state index is 12.7. The lowest BCUT2D eigenvalue weighted by atomic mass is 10.1. The number of hydrogen-bond acceptors (Lipinski definition) is 3. The zero-order valence-corrected chi connectivity index (χ0v) is 11.8. The van der Waals surface area contributed by atoms with E-state index in [0.717, 1.165) is 16.8 Å². The quantitative estimate of drug-likeness (QED) is 0.769. The third-order valence-electron chi connectivity index (χ3n) is 3.46. The van der Waals surface area contributed by atoms with E-state index in [1.165, 1.54) is 12.8 Å². The molecule has 5 heteroatoms. The van der Waals surface area contributed by atoms with Crippen molar-refractivity contribution < 1.29 is 13.9 Å². The van der Waals surface area contributed by atoms with Gasteiger partial charge in [0.05, 0.1) is 13.2 Å². The number of aliphatic hydroxyl groups excluding tert-OH is 1. The fourth-order valence-electron chi connectivity index (χ4n) is 2.30. The molecule has 0 amide bonds. The Morgan fingerprint density at radius 1 is 1.40 bits per heavy atom. The predicted octanol–water partition coefficient (Wildman–Crippen LogP) is 2.31. The molecule has 112 valence electrons. The van der Waals surface area contributed by atoms with E-state index in [2.05, 4.69) is 5.32 Å². The molecule has 2 rings (SSSR count). The summed E-state index contributed by atoms with van der Waals surface area (Å²) in [5, 5.41) is 12.5. The van der Waals surface area contributed by atoms with Gasteiger partial charge in [-0.1, -0.05) is 17.7 Å². The molecule has 0 saturated heterocycles. The summed E-state index contributed by atoms with van der Waals surface area (Å²) in [7, 11) is 0. The zero-order valence-electron chi connectivity index (χ0n) is 11.8. The molecule has 1 aliphatic rings. The Morgan fingerprint density at radius 2 is 2.15 bits per heavy atom. The molecule has 0 aromatic heterocycles. The first-order chi connectivity index (χ1) is 9.60. The summed E-state index contributed by atoms with van der Waals surface area (Å²) < 4.78 is 25.4. The minimum absolute atomic E-state index is 0.129. The van der Waals surface area contributed by atoms with Crippen LogP contribution in [0.3, 0.4) is 0 Å². The number of halogens is 2. The Labute approximate surface area is 118 Å². The number of alkyl halides is 2. The molecule has 0 atom stereocenters. The third-order valence-corrected chi connectivity index (χ3v) is 3.46. The van der Waals surface area contributed by atoms with E-state index in [9.17, 15) is 8.78 Å². The van der Waals surface area contributed by atoms with E-state index in [0.29, 0.717) is 12.6 Å². The minimum atomic E-state index is -2.41. The van der Waals surface area contributed by atoms with Crippen LogP contribution in [0.2, 0.25) is 0 Å². The molecule has 2 N–H and O–H groups in total. The number of anilines is 1. The normalized spacial score (nSPS) is 14.8. The van der Waals surface area contributed by atoms with Crippen molar-refractivity contribution in [2.45, 2.75) is 38.8 Å². The number of nitrogens with zero attached hydrogens (tertiary/aromatic N) is 1. The summed E-state index contributed by atoms with van der Waals surface area (Å²) in [6, 6.07) is 6.40. The van der Waals surface area contributed by atoms with Gasteiger partial charge >= 0.3 is 0 Å². The Hall–Kier alpha value is -1.20. The largest absolute Gasteiger partial charge is 0.395 e. The van der Waals surface area contributed by atoms with Gasteiger partial charge in [0, 0.05) is 24.8 Å². The summed E-state index contributed by atoms with van der Waals surface area (Å²) in [5.41, 5.74) is 2.92. The fourth-order valence-corrected chi connectivity index (χ4v) is 2.30. The first kappa shape index (κ1) is 15.2. The van der Waals surface area contributed by atoms with Crippen molar-refractivity contribution in [3.8, 4) is 0 Å². The SMILES string of the molecule is Cc1ccc(N(CCO)CC(F)F)c(CNC2CC2)c1. The van der Waals surface area contributed by atoms with Crippen LogP contribution in [0.15, 0.2) is 18.2 Å². The van der Waals surface area contributed by atoms with Gasteiger partial charge in [0.15, 0.2) is 0 Å². The van der Waals surface area contributed by atoms with Gasteiger partial charge in [-0.3, -0.25) is 0 Å². The number of rotatable bonds is 8. The molecule has 3 nitrogen and oxygen atoms in total. The molecule has 1 aliphatic carbocycles. The molecule has 0 aliphatic heterocycles. The number of nitrogens with one attached hydrogen (secondary N) is 1. The lowest BCUT2D eigenvalue weighted by molar-refractivity contribution is 0.152. The Bertz CT molecular complexity index is 436. The summed E-state index contributed by atoms with van der Waals surface area (Å²) in [4.78, 5) is 1.56. The molecule has 0 radical (unpaired) electrons. The Balaban J connectivity index is 2.16. The van der Waals surface area contributed by atoms with E-state index in [1.54, 1.807) is 4.90 Å². The van der Waals surface area contributed by atoms with Gasteiger partial charge < -0.3 is 15.3 Å². The predicted molar refractivity (Wildman–Crippen MR) is 76.3 cm³/mol. The van der Waals surface area contributed by atoms with Crippen molar-refractivity contribution in [3.05, 3.63) is 29.3 Å². The van der Waals surface area contributed by atoms with Gasteiger partial charge in [0.1, 0.15) is 0 Å². The van der Waals surface area contributed by atoms with Gasteiger partial charge in [-0.05, 0) is 31.4 Å². The van der Waals surface area contributed by atoms with Crippen molar-refractivity contribution in [1.29, 1.82) is 0 Å². The molecule has 1 aromatic carbocycles. The monoisotopic (exact) mass is 284 g/mol. The minimum Gasteiger partial charge on any atom is -0.395 e. The molecular weight excluding hydrogens is 262 g/mol.